The summed E-state index contributed by atoms with van der Waals surface area (Å²) in [6.45, 7) is 4.19. The number of likely N-dealkylation sites (N-methyl/N-ethyl adjacent to an activating group) is 1. The van der Waals surface area contributed by atoms with Gasteiger partial charge in [0.05, 0.1) is 5.69 Å². The highest BCUT2D eigenvalue weighted by Crippen LogP contribution is 2.30. The fourth-order valence-electron chi connectivity index (χ4n) is 2.59. The molecule has 0 aliphatic rings. The van der Waals surface area contributed by atoms with Crippen molar-refractivity contribution >= 4 is 28.3 Å². The van der Waals surface area contributed by atoms with Crippen LogP contribution in [0.3, 0.4) is 0 Å². The molecule has 6 nitrogen and oxygen atoms in total. The van der Waals surface area contributed by atoms with Crippen molar-refractivity contribution < 1.29 is 18.7 Å². The van der Waals surface area contributed by atoms with Crippen molar-refractivity contribution in [3.63, 3.8) is 0 Å². The smallest absolute Gasteiger partial charge is 0.257 e. The number of nitrogens with zero attached hydrogens (tertiary/aromatic N) is 1. The van der Waals surface area contributed by atoms with Gasteiger partial charge in [-0.2, -0.15) is 0 Å². The summed E-state index contributed by atoms with van der Waals surface area (Å²) in [7, 11) is 0. The Labute approximate surface area is 171 Å². The standard InChI is InChI=1S/C21H20FN3O3S/c1-3-23-18(26)12-28-17-10-6-15(7-11-17)20(27)25-21-24-19(13(2)29-21)14-4-8-16(22)9-5-14/h4-11H,3,12H2,1-2H3,(H,23,26)(H,24,25,27). The van der Waals surface area contributed by atoms with Gasteiger partial charge in [0.1, 0.15) is 11.6 Å². The lowest BCUT2D eigenvalue weighted by atomic mass is 10.1. The van der Waals surface area contributed by atoms with Crippen LogP contribution in [0.4, 0.5) is 9.52 Å². The molecule has 0 atom stereocenters. The van der Waals surface area contributed by atoms with E-state index < -0.39 is 0 Å². The molecule has 0 bridgehead atoms. The molecule has 0 aliphatic carbocycles. The van der Waals surface area contributed by atoms with Crippen molar-refractivity contribution in [2.24, 2.45) is 0 Å². The summed E-state index contributed by atoms with van der Waals surface area (Å²) in [5.74, 6) is -0.324. The molecule has 0 aliphatic heterocycles. The van der Waals surface area contributed by atoms with E-state index in [1.54, 1.807) is 36.4 Å². The number of hydrogen-bond donors (Lipinski definition) is 2. The number of carbonyl (C=O) groups excluding carboxylic acids is 2. The molecule has 2 amide bonds. The molecule has 1 heterocycles. The molecule has 2 N–H and O–H groups in total. The minimum absolute atomic E-state index is 0.0794. The lowest BCUT2D eigenvalue weighted by Crippen LogP contribution is -2.28. The summed E-state index contributed by atoms with van der Waals surface area (Å²) in [4.78, 5) is 29.3. The molecule has 29 heavy (non-hydrogen) atoms. The summed E-state index contributed by atoms with van der Waals surface area (Å²) in [6.07, 6.45) is 0. The lowest BCUT2D eigenvalue weighted by Gasteiger charge is -2.07. The highest BCUT2D eigenvalue weighted by molar-refractivity contribution is 7.16. The van der Waals surface area contributed by atoms with Gasteiger partial charge in [0.25, 0.3) is 11.8 Å². The average molecular weight is 413 g/mol. The fraction of sp³-hybridized carbons (Fsp3) is 0.190. The van der Waals surface area contributed by atoms with Crippen molar-refractivity contribution in [1.29, 1.82) is 0 Å². The Bertz CT molecular complexity index is 1000. The van der Waals surface area contributed by atoms with E-state index in [0.29, 0.717) is 28.7 Å². The summed E-state index contributed by atoms with van der Waals surface area (Å²) in [5.41, 5.74) is 1.93. The Balaban J connectivity index is 1.64. The SMILES string of the molecule is CCNC(=O)COc1ccc(C(=O)Nc2nc(-c3ccc(F)cc3)c(C)s2)cc1. The van der Waals surface area contributed by atoms with Crippen molar-refractivity contribution in [3.8, 4) is 17.0 Å². The highest BCUT2D eigenvalue weighted by atomic mass is 32.1. The molecule has 0 fully saturated rings. The Morgan fingerprint density at radius 1 is 1.10 bits per heavy atom. The van der Waals surface area contributed by atoms with E-state index >= 15 is 0 Å². The number of nitrogens with one attached hydrogen (secondary N) is 2. The van der Waals surface area contributed by atoms with Gasteiger partial charge in [0.15, 0.2) is 11.7 Å². The van der Waals surface area contributed by atoms with E-state index in [2.05, 4.69) is 15.6 Å². The van der Waals surface area contributed by atoms with E-state index in [9.17, 15) is 14.0 Å². The molecule has 8 heteroatoms. The maximum Gasteiger partial charge on any atom is 0.257 e. The van der Waals surface area contributed by atoms with Crippen LogP contribution in [0.5, 0.6) is 5.75 Å². The number of halogens is 1. The van der Waals surface area contributed by atoms with Gasteiger partial charge < -0.3 is 10.1 Å². The summed E-state index contributed by atoms with van der Waals surface area (Å²) in [5, 5.41) is 5.88. The fourth-order valence-corrected chi connectivity index (χ4v) is 3.43. The highest BCUT2D eigenvalue weighted by Gasteiger charge is 2.13. The van der Waals surface area contributed by atoms with Gasteiger partial charge in [0, 0.05) is 22.5 Å². The minimum Gasteiger partial charge on any atom is -0.484 e. The molecule has 1 aromatic heterocycles. The number of anilines is 1. The Hall–Kier alpha value is -3.26. The molecule has 150 valence electrons. The van der Waals surface area contributed by atoms with Crippen molar-refractivity contribution in [1.82, 2.24) is 10.3 Å². The van der Waals surface area contributed by atoms with Gasteiger partial charge in [-0.05, 0) is 62.4 Å². The third kappa shape index (κ3) is 5.39. The number of carbonyl (C=O) groups is 2. The molecule has 0 saturated heterocycles. The monoisotopic (exact) mass is 413 g/mol. The van der Waals surface area contributed by atoms with E-state index in [1.807, 2.05) is 13.8 Å². The normalized spacial score (nSPS) is 10.4. The second-order valence-corrected chi connectivity index (χ2v) is 7.35. The zero-order valence-electron chi connectivity index (χ0n) is 16.0. The van der Waals surface area contributed by atoms with Crippen molar-refractivity contribution in [2.45, 2.75) is 13.8 Å². The Morgan fingerprint density at radius 3 is 2.45 bits per heavy atom. The first-order valence-corrected chi connectivity index (χ1v) is 9.82. The van der Waals surface area contributed by atoms with Gasteiger partial charge in [-0.1, -0.05) is 0 Å². The van der Waals surface area contributed by atoms with Gasteiger partial charge in [0.2, 0.25) is 0 Å². The number of hydrogen-bond acceptors (Lipinski definition) is 5. The van der Waals surface area contributed by atoms with Crippen LogP contribution in [0.15, 0.2) is 48.5 Å². The Kier molecular flexibility index (Phi) is 6.56. The van der Waals surface area contributed by atoms with Crippen LogP contribution < -0.4 is 15.4 Å². The third-order valence-electron chi connectivity index (χ3n) is 4.00. The van der Waals surface area contributed by atoms with E-state index in [0.717, 1.165) is 10.4 Å². The summed E-state index contributed by atoms with van der Waals surface area (Å²) in [6, 6.07) is 12.6. The van der Waals surface area contributed by atoms with Gasteiger partial charge >= 0.3 is 0 Å². The number of benzene rings is 2. The van der Waals surface area contributed by atoms with Crippen LogP contribution in [-0.2, 0) is 4.79 Å². The van der Waals surface area contributed by atoms with E-state index in [4.69, 9.17) is 4.74 Å². The van der Waals surface area contributed by atoms with Crippen LogP contribution in [0, 0.1) is 12.7 Å². The van der Waals surface area contributed by atoms with Gasteiger partial charge in [-0.3, -0.25) is 14.9 Å². The molecule has 3 aromatic rings. The zero-order chi connectivity index (χ0) is 20.8. The number of rotatable bonds is 7. The van der Waals surface area contributed by atoms with Gasteiger partial charge in [-0.15, -0.1) is 11.3 Å². The second-order valence-electron chi connectivity index (χ2n) is 6.15. The summed E-state index contributed by atoms with van der Waals surface area (Å²) < 4.78 is 18.5. The zero-order valence-corrected chi connectivity index (χ0v) is 16.8. The number of thiazole rings is 1. The van der Waals surface area contributed by atoms with Crippen molar-refractivity contribution in [3.05, 3.63) is 64.8 Å². The van der Waals surface area contributed by atoms with E-state index in [-0.39, 0.29) is 24.2 Å². The van der Waals surface area contributed by atoms with Crippen molar-refractivity contribution in [2.75, 3.05) is 18.5 Å². The first-order chi connectivity index (χ1) is 14.0. The predicted molar refractivity (Wildman–Crippen MR) is 111 cm³/mol. The molecule has 0 radical (unpaired) electrons. The first kappa shape index (κ1) is 20.5. The molecular weight excluding hydrogens is 393 g/mol. The summed E-state index contributed by atoms with van der Waals surface area (Å²) >= 11 is 1.35. The first-order valence-electron chi connectivity index (χ1n) is 9.00. The largest absolute Gasteiger partial charge is 0.484 e. The number of aromatic nitrogens is 1. The lowest BCUT2D eigenvalue weighted by molar-refractivity contribution is -0.122. The van der Waals surface area contributed by atoms with Crippen LogP contribution in [0.2, 0.25) is 0 Å². The molecule has 0 saturated carbocycles. The quantitative estimate of drug-likeness (QED) is 0.613. The number of amides is 2. The van der Waals surface area contributed by atoms with Crippen LogP contribution in [-0.4, -0.2) is 29.9 Å². The minimum atomic E-state index is -0.312. The average Bonchev–Trinajstić information content (AvgIpc) is 3.07. The van der Waals surface area contributed by atoms with Crippen LogP contribution in [0.25, 0.3) is 11.3 Å². The molecule has 0 spiro atoms. The third-order valence-corrected chi connectivity index (χ3v) is 4.88. The molecular formula is C21H20FN3O3S. The Morgan fingerprint density at radius 2 is 1.79 bits per heavy atom. The van der Waals surface area contributed by atoms with Crippen LogP contribution in [0.1, 0.15) is 22.2 Å². The molecule has 0 unspecified atom stereocenters. The predicted octanol–water partition coefficient (Wildman–Crippen LogP) is 4.02. The van der Waals surface area contributed by atoms with Crippen LogP contribution >= 0.6 is 11.3 Å². The maximum atomic E-state index is 13.1. The van der Waals surface area contributed by atoms with Gasteiger partial charge in [-0.25, -0.2) is 9.37 Å². The molecule has 2 aromatic carbocycles. The molecule has 3 rings (SSSR count). The number of ether oxygens (including phenoxy) is 1. The second kappa shape index (κ2) is 9.29. The number of aryl methyl sites for hydroxylation is 1. The van der Waals surface area contributed by atoms with E-state index in [1.165, 1.54) is 23.5 Å². The maximum absolute atomic E-state index is 13.1. The topological polar surface area (TPSA) is 80.3 Å².